The van der Waals surface area contributed by atoms with Crippen LogP contribution >= 0.6 is 0 Å². The van der Waals surface area contributed by atoms with E-state index >= 15 is 0 Å². The molecule has 0 bridgehead atoms. The average Bonchev–Trinajstić information content (AvgIpc) is 3.05. The van der Waals surface area contributed by atoms with Crippen LogP contribution in [0.4, 0.5) is 13.2 Å². The molecule has 3 rings (SSSR count). The number of nitrogens with zero attached hydrogens (tertiary/aromatic N) is 6. The van der Waals surface area contributed by atoms with E-state index in [1.54, 1.807) is 7.05 Å². The Morgan fingerprint density at radius 3 is 2.54 bits per heavy atom. The van der Waals surface area contributed by atoms with Crippen LogP contribution in [-0.4, -0.2) is 76.0 Å². The van der Waals surface area contributed by atoms with Crippen LogP contribution in [0.5, 0.6) is 0 Å². The van der Waals surface area contributed by atoms with Gasteiger partial charge in [0.1, 0.15) is 11.9 Å². The minimum absolute atomic E-state index is 0.363. The van der Waals surface area contributed by atoms with Crippen LogP contribution in [0.25, 0.3) is 0 Å². The molecule has 2 aliphatic rings. The number of aliphatic imine (C=N–C) groups is 1. The molecule has 1 unspecified atom stereocenters. The predicted octanol–water partition coefficient (Wildman–Crippen LogP) is 1.26. The van der Waals surface area contributed by atoms with Gasteiger partial charge in [-0.3, -0.25) is 9.89 Å². The summed E-state index contributed by atoms with van der Waals surface area (Å²) in [5.41, 5.74) is 0. The molecule has 1 saturated heterocycles. The first kappa shape index (κ1) is 18.9. The van der Waals surface area contributed by atoms with Crippen molar-refractivity contribution in [3.05, 3.63) is 11.6 Å². The Kier molecular flexibility index (Phi) is 5.69. The van der Waals surface area contributed by atoms with Gasteiger partial charge in [0.25, 0.3) is 0 Å². The van der Waals surface area contributed by atoms with Gasteiger partial charge in [0.2, 0.25) is 0 Å². The summed E-state index contributed by atoms with van der Waals surface area (Å²) in [6.45, 7) is 4.42. The summed E-state index contributed by atoms with van der Waals surface area (Å²) in [4.78, 5) is 7.74. The highest BCUT2D eigenvalue weighted by molar-refractivity contribution is 5.79. The minimum atomic E-state index is -4.19. The van der Waals surface area contributed by atoms with E-state index in [-0.39, 0.29) is 0 Å². The second-order valence-electron chi connectivity index (χ2n) is 6.78. The maximum atomic E-state index is 12.9. The first-order chi connectivity index (χ1) is 12.4. The molecule has 2 aliphatic heterocycles. The standard InChI is InChI=1S/C16H26F3N7/c1-12(16(17,18)19)24-7-9-25(10-8-24)15(20-2)21-11-14-23-22-13-5-3-4-6-26(13)14/h12H,3-11H2,1-2H3,(H,20,21). The lowest BCUT2D eigenvalue weighted by Gasteiger charge is -2.39. The highest BCUT2D eigenvalue weighted by Crippen LogP contribution is 2.25. The number of piperazine rings is 1. The fourth-order valence-corrected chi connectivity index (χ4v) is 3.52. The van der Waals surface area contributed by atoms with Crippen LogP contribution in [0, 0.1) is 0 Å². The molecule has 0 radical (unpaired) electrons. The van der Waals surface area contributed by atoms with Crippen LogP contribution in [0.15, 0.2) is 4.99 Å². The molecule has 0 aromatic carbocycles. The fourth-order valence-electron chi connectivity index (χ4n) is 3.52. The largest absolute Gasteiger partial charge is 0.403 e. The number of hydrogen-bond acceptors (Lipinski definition) is 4. The monoisotopic (exact) mass is 373 g/mol. The van der Waals surface area contributed by atoms with Gasteiger partial charge in [0.05, 0.1) is 6.54 Å². The van der Waals surface area contributed by atoms with Gasteiger partial charge in [-0.2, -0.15) is 13.2 Å². The molecular weight excluding hydrogens is 347 g/mol. The van der Waals surface area contributed by atoms with E-state index in [9.17, 15) is 13.2 Å². The normalized spacial score (nSPS) is 20.8. The number of hydrogen-bond donors (Lipinski definition) is 1. The highest BCUT2D eigenvalue weighted by Gasteiger charge is 2.41. The van der Waals surface area contributed by atoms with Crippen molar-refractivity contribution in [3.63, 3.8) is 0 Å². The zero-order chi connectivity index (χ0) is 18.7. The van der Waals surface area contributed by atoms with Crippen LogP contribution in [0.3, 0.4) is 0 Å². The Morgan fingerprint density at radius 1 is 1.15 bits per heavy atom. The van der Waals surface area contributed by atoms with Gasteiger partial charge in [-0.05, 0) is 19.8 Å². The lowest BCUT2D eigenvalue weighted by molar-refractivity contribution is -0.181. The number of halogens is 3. The number of alkyl halides is 3. The molecule has 7 nitrogen and oxygen atoms in total. The maximum absolute atomic E-state index is 12.9. The second kappa shape index (κ2) is 7.81. The molecule has 1 fully saturated rings. The lowest BCUT2D eigenvalue weighted by atomic mass is 10.2. The third-order valence-electron chi connectivity index (χ3n) is 5.19. The fraction of sp³-hybridized carbons (Fsp3) is 0.812. The number of aryl methyl sites for hydroxylation is 1. The van der Waals surface area contributed by atoms with Crippen molar-refractivity contribution >= 4 is 5.96 Å². The lowest BCUT2D eigenvalue weighted by Crippen LogP contribution is -2.56. The third-order valence-corrected chi connectivity index (χ3v) is 5.19. The van der Waals surface area contributed by atoms with Crippen LogP contribution in [-0.2, 0) is 19.5 Å². The van der Waals surface area contributed by atoms with E-state index in [2.05, 4.69) is 25.1 Å². The minimum Gasteiger partial charge on any atom is -0.349 e. The van der Waals surface area contributed by atoms with E-state index in [0.717, 1.165) is 37.5 Å². The van der Waals surface area contributed by atoms with E-state index < -0.39 is 12.2 Å². The Morgan fingerprint density at radius 2 is 1.88 bits per heavy atom. The predicted molar refractivity (Wildman–Crippen MR) is 91.8 cm³/mol. The molecule has 0 aliphatic carbocycles. The molecule has 1 aromatic rings. The van der Waals surface area contributed by atoms with Crippen molar-refractivity contribution in [2.45, 2.75) is 51.5 Å². The van der Waals surface area contributed by atoms with Crippen LogP contribution in [0.1, 0.15) is 31.4 Å². The van der Waals surface area contributed by atoms with E-state index in [1.807, 2.05) is 4.90 Å². The molecule has 0 amide bonds. The van der Waals surface area contributed by atoms with Gasteiger partial charge in [-0.15, -0.1) is 10.2 Å². The second-order valence-corrected chi connectivity index (χ2v) is 6.78. The summed E-state index contributed by atoms with van der Waals surface area (Å²) in [5.74, 6) is 2.60. The molecule has 0 saturated carbocycles. The molecule has 1 N–H and O–H groups in total. The molecular formula is C16H26F3N7. The summed E-state index contributed by atoms with van der Waals surface area (Å²) in [6.07, 6.45) is -0.949. The van der Waals surface area contributed by atoms with Crippen molar-refractivity contribution in [3.8, 4) is 0 Å². The number of aromatic nitrogens is 3. The van der Waals surface area contributed by atoms with E-state index in [4.69, 9.17) is 0 Å². The maximum Gasteiger partial charge on any atom is 0.403 e. The molecule has 1 aromatic heterocycles. The molecule has 0 spiro atoms. The zero-order valence-electron chi connectivity index (χ0n) is 15.3. The number of nitrogens with one attached hydrogen (secondary N) is 1. The van der Waals surface area contributed by atoms with Gasteiger partial charge in [-0.25, -0.2) is 0 Å². The SMILES string of the molecule is CN=C(NCc1nnc2n1CCCC2)N1CCN(C(C)C(F)(F)F)CC1. The van der Waals surface area contributed by atoms with Crippen molar-refractivity contribution < 1.29 is 13.2 Å². The van der Waals surface area contributed by atoms with Gasteiger partial charge in [-0.1, -0.05) is 0 Å². The molecule has 146 valence electrons. The molecule has 10 heteroatoms. The van der Waals surface area contributed by atoms with Crippen LogP contribution in [0.2, 0.25) is 0 Å². The summed E-state index contributed by atoms with van der Waals surface area (Å²) in [7, 11) is 1.69. The first-order valence-electron chi connectivity index (χ1n) is 9.07. The number of fused-ring (bicyclic) bond motifs is 1. The van der Waals surface area contributed by atoms with E-state index in [1.165, 1.54) is 11.8 Å². The Hall–Kier alpha value is -1.84. The summed E-state index contributed by atoms with van der Waals surface area (Å²) >= 11 is 0. The zero-order valence-corrected chi connectivity index (χ0v) is 15.3. The number of guanidine groups is 1. The van der Waals surface area contributed by atoms with Crippen molar-refractivity contribution in [1.82, 2.24) is 29.9 Å². The van der Waals surface area contributed by atoms with Crippen molar-refractivity contribution in [2.24, 2.45) is 4.99 Å². The summed E-state index contributed by atoms with van der Waals surface area (Å²) in [6, 6.07) is -1.41. The molecule has 1 atom stereocenters. The van der Waals surface area contributed by atoms with Crippen molar-refractivity contribution in [1.29, 1.82) is 0 Å². The Balaban J connectivity index is 1.53. The van der Waals surface area contributed by atoms with Gasteiger partial charge in [0.15, 0.2) is 11.8 Å². The van der Waals surface area contributed by atoms with Gasteiger partial charge >= 0.3 is 6.18 Å². The average molecular weight is 373 g/mol. The van der Waals surface area contributed by atoms with Gasteiger partial charge < -0.3 is 14.8 Å². The highest BCUT2D eigenvalue weighted by atomic mass is 19.4. The first-order valence-corrected chi connectivity index (χ1v) is 9.07. The topological polar surface area (TPSA) is 61.6 Å². The van der Waals surface area contributed by atoms with Gasteiger partial charge in [0, 0.05) is 46.2 Å². The number of rotatable bonds is 3. The summed E-state index contributed by atoms with van der Waals surface area (Å²) < 4.78 is 40.7. The van der Waals surface area contributed by atoms with E-state index in [0.29, 0.717) is 38.7 Å². The molecule has 26 heavy (non-hydrogen) atoms. The Bertz CT molecular complexity index is 632. The molecule has 3 heterocycles. The van der Waals surface area contributed by atoms with Crippen molar-refractivity contribution in [2.75, 3.05) is 33.2 Å². The smallest absolute Gasteiger partial charge is 0.349 e. The van der Waals surface area contributed by atoms with Crippen LogP contribution < -0.4 is 5.32 Å². The summed E-state index contributed by atoms with van der Waals surface area (Å²) in [5, 5.41) is 11.8. The third kappa shape index (κ3) is 4.11. The Labute approximate surface area is 151 Å². The quantitative estimate of drug-likeness (QED) is 0.639.